The van der Waals surface area contributed by atoms with Gasteiger partial charge in [0.25, 0.3) is 0 Å². The average Bonchev–Trinajstić information content (AvgIpc) is 2.58. The predicted molar refractivity (Wildman–Crippen MR) is 48.9 cm³/mol. The Labute approximate surface area is 76.2 Å². The van der Waals surface area contributed by atoms with Crippen LogP contribution in [0.3, 0.4) is 0 Å². The maximum Gasteiger partial charge on any atom is 0.155 e. The lowest BCUT2D eigenvalue weighted by molar-refractivity contribution is 0.411. The molecule has 0 saturated heterocycles. The molecule has 2 aromatic rings. The molecule has 0 fully saturated rings. The van der Waals surface area contributed by atoms with Gasteiger partial charge in [0.05, 0.1) is 13.3 Å². The maximum absolute atomic E-state index is 5.08. The molecule has 0 atom stereocenters. The fraction of sp³-hybridized carbons (Fsp3) is 0.333. The number of hydrogen-bond acceptors (Lipinski definition) is 3. The van der Waals surface area contributed by atoms with E-state index in [0.29, 0.717) is 0 Å². The highest BCUT2D eigenvalue weighted by atomic mass is 16.5. The van der Waals surface area contributed by atoms with Crippen LogP contribution in [-0.4, -0.2) is 21.7 Å². The van der Waals surface area contributed by atoms with Crippen molar-refractivity contribution in [1.29, 1.82) is 0 Å². The Bertz CT molecular complexity index is 420. The summed E-state index contributed by atoms with van der Waals surface area (Å²) in [6.45, 7) is 2.03. The van der Waals surface area contributed by atoms with Crippen LogP contribution < -0.4 is 4.74 Å². The highest BCUT2D eigenvalue weighted by molar-refractivity contribution is 5.40. The number of hydrogen-bond donors (Lipinski definition) is 0. The third kappa shape index (κ3) is 1.35. The smallest absolute Gasteiger partial charge is 0.155 e. The Morgan fingerprint density at radius 1 is 1.46 bits per heavy atom. The first kappa shape index (κ1) is 8.04. The molecule has 0 unspecified atom stereocenters. The number of pyridine rings is 1. The lowest BCUT2D eigenvalue weighted by Crippen LogP contribution is -1.90. The Kier molecular flexibility index (Phi) is 1.88. The van der Waals surface area contributed by atoms with Crippen LogP contribution in [0.25, 0.3) is 5.65 Å². The minimum Gasteiger partial charge on any atom is -0.495 e. The largest absolute Gasteiger partial charge is 0.495 e. The fourth-order valence-corrected chi connectivity index (χ4v) is 1.18. The monoisotopic (exact) mass is 177 g/mol. The quantitative estimate of drug-likeness (QED) is 0.694. The SMILES string of the molecule is CCc1nc2ccc(OC)cn2n1. The van der Waals surface area contributed by atoms with E-state index in [9.17, 15) is 0 Å². The first-order valence-corrected chi connectivity index (χ1v) is 4.23. The van der Waals surface area contributed by atoms with Gasteiger partial charge in [0.15, 0.2) is 11.5 Å². The maximum atomic E-state index is 5.08. The predicted octanol–water partition coefficient (Wildman–Crippen LogP) is 1.30. The zero-order valence-electron chi connectivity index (χ0n) is 7.69. The van der Waals surface area contributed by atoms with Gasteiger partial charge >= 0.3 is 0 Å². The van der Waals surface area contributed by atoms with Crippen molar-refractivity contribution in [2.45, 2.75) is 13.3 Å². The topological polar surface area (TPSA) is 39.4 Å². The minimum absolute atomic E-state index is 0.792. The summed E-state index contributed by atoms with van der Waals surface area (Å²) in [6.07, 6.45) is 2.67. The molecule has 2 rings (SSSR count). The van der Waals surface area contributed by atoms with E-state index in [0.717, 1.165) is 23.6 Å². The highest BCUT2D eigenvalue weighted by Crippen LogP contribution is 2.11. The summed E-state index contributed by atoms with van der Waals surface area (Å²) in [7, 11) is 1.64. The number of ether oxygens (including phenoxy) is 1. The van der Waals surface area contributed by atoms with Crippen LogP contribution in [0, 0.1) is 0 Å². The molecule has 0 radical (unpaired) electrons. The second-order valence-electron chi connectivity index (χ2n) is 2.75. The molecule has 68 valence electrons. The van der Waals surface area contributed by atoms with Gasteiger partial charge in [-0.2, -0.15) is 5.10 Å². The Morgan fingerprint density at radius 3 is 3.00 bits per heavy atom. The van der Waals surface area contributed by atoms with E-state index in [1.165, 1.54) is 0 Å². The van der Waals surface area contributed by atoms with E-state index in [4.69, 9.17) is 4.74 Å². The lowest BCUT2D eigenvalue weighted by atomic mass is 10.4. The van der Waals surface area contributed by atoms with E-state index >= 15 is 0 Å². The Morgan fingerprint density at radius 2 is 2.31 bits per heavy atom. The number of rotatable bonds is 2. The fourth-order valence-electron chi connectivity index (χ4n) is 1.18. The zero-order chi connectivity index (χ0) is 9.26. The molecule has 0 aliphatic rings. The van der Waals surface area contributed by atoms with Crippen LogP contribution in [0.5, 0.6) is 5.75 Å². The molecule has 0 N–H and O–H groups in total. The van der Waals surface area contributed by atoms with Crippen LogP contribution in [-0.2, 0) is 6.42 Å². The third-order valence-corrected chi connectivity index (χ3v) is 1.90. The highest BCUT2D eigenvalue weighted by Gasteiger charge is 2.01. The zero-order valence-corrected chi connectivity index (χ0v) is 7.69. The molecule has 0 saturated carbocycles. The van der Waals surface area contributed by atoms with Gasteiger partial charge in [0.1, 0.15) is 5.75 Å². The van der Waals surface area contributed by atoms with Crippen molar-refractivity contribution in [2.75, 3.05) is 7.11 Å². The van der Waals surface area contributed by atoms with Crippen LogP contribution >= 0.6 is 0 Å². The van der Waals surface area contributed by atoms with Crippen molar-refractivity contribution in [3.8, 4) is 5.75 Å². The molecule has 0 aromatic carbocycles. The standard InChI is InChI=1S/C9H11N3O/c1-3-8-10-9-5-4-7(13-2)6-12(9)11-8/h4-6H,3H2,1-2H3. The second kappa shape index (κ2) is 3.05. The Balaban J connectivity index is 2.57. The van der Waals surface area contributed by atoms with E-state index in [1.54, 1.807) is 11.6 Å². The van der Waals surface area contributed by atoms with Crippen LogP contribution in [0.2, 0.25) is 0 Å². The van der Waals surface area contributed by atoms with Crippen molar-refractivity contribution < 1.29 is 4.74 Å². The molecule has 0 aliphatic carbocycles. The van der Waals surface area contributed by atoms with Gasteiger partial charge in [0, 0.05) is 6.42 Å². The first-order valence-electron chi connectivity index (χ1n) is 4.23. The van der Waals surface area contributed by atoms with Crippen LogP contribution in [0.1, 0.15) is 12.7 Å². The van der Waals surface area contributed by atoms with Crippen molar-refractivity contribution in [3.05, 3.63) is 24.2 Å². The third-order valence-electron chi connectivity index (χ3n) is 1.90. The molecule has 4 nitrogen and oxygen atoms in total. The van der Waals surface area contributed by atoms with Gasteiger partial charge in [-0.05, 0) is 12.1 Å². The number of methoxy groups -OCH3 is 1. The summed E-state index contributed by atoms with van der Waals surface area (Å²) >= 11 is 0. The molecular weight excluding hydrogens is 166 g/mol. The summed E-state index contributed by atoms with van der Waals surface area (Å²) in [5.41, 5.74) is 0.859. The average molecular weight is 177 g/mol. The molecule has 4 heteroatoms. The van der Waals surface area contributed by atoms with Crippen LogP contribution in [0.4, 0.5) is 0 Å². The number of aryl methyl sites for hydroxylation is 1. The summed E-state index contributed by atoms with van der Waals surface area (Å²) in [5.74, 6) is 1.65. The van der Waals surface area contributed by atoms with Crippen molar-refractivity contribution in [3.63, 3.8) is 0 Å². The summed E-state index contributed by atoms with van der Waals surface area (Å²) in [4.78, 5) is 4.30. The van der Waals surface area contributed by atoms with Crippen molar-refractivity contribution in [1.82, 2.24) is 14.6 Å². The van der Waals surface area contributed by atoms with E-state index in [1.807, 2.05) is 25.3 Å². The first-order chi connectivity index (χ1) is 6.33. The molecule has 2 aromatic heterocycles. The molecule has 0 aliphatic heterocycles. The summed E-state index contributed by atoms with van der Waals surface area (Å²) in [5, 5.41) is 4.27. The van der Waals surface area contributed by atoms with Gasteiger partial charge in [-0.15, -0.1) is 0 Å². The molecule has 0 amide bonds. The van der Waals surface area contributed by atoms with Gasteiger partial charge in [-0.25, -0.2) is 9.50 Å². The van der Waals surface area contributed by atoms with Gasteiger partial charge in [-0.1, -0.05) is 6.92 Å². The van der Waals surface area contributed by atoms with Crippen molar-refractivity contribution in [2.24, 2.45) is 0 Å². The van der Waals surface area contributed by atoms with Crippen molar-refractivity contribution >= 4 is 5.65 Å². The second-order valence-corrected chi connectivity index (χ2v) is 2.75. The molecule has 13 heavy (non-hydrogen) atoms. The van der Waals surface area contributed by atoms with Gasteiger partial charge in [0.2, 0.25) is 0 Å². The lowest BCUT2D eigenvalue weighted by Gasteiger charge is -1.97. The molecule has 0 bridgehead atoms. The van der Waals surface area contributed by atoms with Gasteiger partial charge in [-0.3, -0.25) is 0 Å². The molecule has 2 heterocycles. The normalized spacial score (nSPS) is 10.6. The Hall–Kier alpha value is -1.58. The number of fused-ring (bicyclic) bond motifs is 1. The van der Waals surface area contributed by atoms with E-state index in [-0.39, 0.29) is 0 Å². The number of aromatic nitrogens is 3. The number of nitrogens with zero attached hydrogens (tertiary/aromatic N) is 3. The molecular formula is C9H11N3O. The molecule has 0 spiro atoms. The summed E-state index contributed by atoms with van der Waals surface area (Å²) in [6, 6.07) is 3.77. The van der Waals surface area contributed by atoms with Gasteiger partial charge < -0.3 is 4.74 Å². The van der Waals surface area contributed by atoms with Crippen LogP contribution in [0.15, 0.2) is 18.3 Å². The van der Waals surface area contributed by atoms with E-state index in [2.05, 4.69) is 10.1 Å². The minimum atomic E-state index is 0.792. The summed E-state index contributed by atoms with van der Waals surface area (Å²) < 4.78 is 6.81. The van der Waals surface area contributed by atoms with E-state index < -0.39 is 0 Å².